The Morgan fingerprint density at radius 1 is 1.32 bits per heavy atom. The molecule has 102 valence electrons. The standard InChI is InChI=1S/C12H14BrN3O2S/c13-9-1-3-10(4-2-9)19-8-11-15-12(18-16-11)7-17-6-5-14/h1-4H,5-8,14H2. The van der Waals surface area contributed by atoms with Crippen molar-refractivity contribution in [1.29, 1.82) is 0 Å². The van der Waals surface area contributed by atoms with Gasteiger partial charge in [0.25, 0.3) is 5.89 Å². The van der Waals surface area contributed by atoms with Crippen LogP contribution in [0.25, 0.3) is 0 Å². The minimum atomic E-state index is 0.313. The van der Waals surface area contributed by atoms with Crippen LogP contribution >= 0.6 is 27.7 Å². The van der Waals surface area contributed by atoms with E-state index in [9.17, 15) is 0 Å². The van der Waals surface area contributed by atoms with Crippen LogP contribution in [-0.4, -0.2) is 23.3 Å². The van der Waals surface area contributed by atoms with Crippen LogP contribution in [0.15, 0.2) is 38.2 Å². The lowest BCUT2D eigenvalue weighted by atomic mass is 10.4. The SMILES string of the molecule is NCCOCc1nc(CSc2ccc(Br)cc2)no1. The monoisotopic (exact) mass is 343 g/mol. The first-order valence-electron chi connectivity index (χ1n) is 5.75. The Balaban J connectivity index is 1.81. The van der Waals surface area contributed by atoms with Crippen molar-refractivity contribution in [2.45, 2.75) is 17.3 Å². The molecular formula is C12H14BrN3O2S. The zero-order valence-electron chi connectivity index (χ0n) is 10.2. The van der Waals surface area contributed by atoms with Gasteiger partial charge in [0.1, 0.15) is 6.61 Å². The lowest BCUT2D eigenvalue weighted by Gasteiger charge is -1.98. The molecular weight excluding hydrogens is 330 g/mol. The first-order valence-corrected chi connectivity index (χ1v) is 7.53. The van der Waals surface area contributed by atoms with Gasteiger partial charge in [-0.05, 0) is 24.3 Å². The van der Waals surface area contributed by atoms with Crippen molar-refractivity contribution >= 4 is 27.7 Å². The Bertz CT molecular complexity index is 504. The summed E-state index contributed by atoms with van der Waals surface area (Å²) in [5, 5.41) is 3.90. The Labute approximate surface area is 124 Å². The highest BCUT2D eigenvalue weighted by atomic mass is 79.9. The highest BCUT2D eigenvalue weighted by molar-refractivity contribution is 9.10. The van der Waals surface area contributed by atoms with Crippen LogP contribution in [0.4, 0.5) is 0 Å². The van der Waals surface area contributed by atoms with E-state index in [4.69, 9.17) is 15.0 Å². The van der Waals surface area contributed by atoms with Gasteiger partial charge < -0.3 is 15.0 Å². The first kappa shape index (κ1) is 14.5. The molecule has 0 amide bonds. The number of nitrogens with zero attached hydrogens (tertiary/aromatic N) is 2. The molecule has 0 atom stereocenters. The fourth-order valence-corrected chi connectivity index (χ4v) is 2.33. The number of hydrogen-bond acceptors (Lipinski definition) is 6. The second kappa shape index (κ2) is 7.64. The van der Waals surface area contributed by atoms with E-state index in [1.54, 1.807) is 11.8 Å². The quantitative estimate of drug-likeness (QED) is 0.615. The van der Waals surface area contributed by atoms with Gasteiger partial charge in [-0.3, -0.25) is 0 Å². The smallest absolute Gasteiger partial charge is 0.252 e. The summed E-state index contributed by atoms with van der Waals surface area (Å²) >= 11 is 5.06. The summed E-state index contributed by atoms with van der Waals surface area (Å²) < 4.78 is 11.4. The van der Waals surface area contributed by atoms with Crippen LogP contribution in [-0.2, 0) is 17.1 Å². The Kier molecular flexibility index (Phi) is 5.84. The van der Waals surface area contributed by atoms with E-state index in [-0.39, 0.29) is 0 Å². The molecule has 5 nitrogen and oxygen atoms in total. The molecule has 0 radical (unpaired) electrons. The summed E-state index contributed by atoms with van der Waals surface area (Å²) in [6, 6.07) is 8.09. The minimum Gasteiger partial charge on any atom is -0.370 e. The molecule has 0 fully saturated rings. The average molecular weight is 344 g/mol. The number of halogens is 1. The molecule has 2 N–H and O–H groups in total. The maximum Gasteiger partial charge on any atom is 0.252 e. The fraction of sp³-hybridized carbons (Fsp3) is 0.333. The molecule has 1 aromatic heterocycles. The zero-order chi connectivity index (χ0) is 13.5. The van der Waals surface area contributed by atoms with Gasteiger partial charge in [-0.25, -0.2) is 0 Å². The maximum atomic E-state index is 5.32. The van der Waals surface area contributed by atoms with E-state index in [2.05, 4.69) is 26.1 Å². The molecule has 0 aliphatic carbocycles. The number of hydrogen-bond donors (Lipinski definition) is 1. The van der Waals surface area contributed by atoms with Gasteiger partial charge in [-0.1, -0.05) is 21.1 Å². The molecule has 19 heavy (non-hydrogen) atoms. The van der Waals surface area contributed by atoms with E-state index in [1.807, 2.05) is 24.3 Å². The predicted octanol–water partition coefficient (Wildman–Crippen LogP) is 2.60. The Hall–Kier alpha value is -0.890. The van der Waals surface area contributed by atoms with Gasteiger partial charge in [0.15, 0.2) is 5.82 Å². The van der Waals surface area contributed by atoms with Crippen molar-refractivity contribution in [1.82, 2.24) is 10.1 Å². The third-order valence-electron chi connectivity index (χ3n) is 2.18. The number of aromatic nitrogens is 2. The minimum absolute atomic E-state index is 0.313. The molecule has 0 unspecified atom stereocenters. The molecule has 0 aliphatic heterocycles. The van der Waals surface area contributed by atoms with Gasteiger partial charge in [0.2, 0.25) is 0 Å². The van der Waals surface area contributed by atoms with Gasteiger partial charge in [0, 0.05) is 15.9 Å². The van der Waals surface area contributed by atoms with Crippen LogP contribution < -0.4 is 5.73 Å². The van der Waals surface area contributed by atoms with Gasteiger partial charge >= 0.3 is 0 Å². The normalized spacial score (nSPS) is 10.8. The van der Waals surface area contributed by atoms with Gasteiger partial charge in [-0.2, -0.15) is 4.98 Å². The third-order valence-corrected chi connectivity index (χ3v) is 3.72. The molecule has 0 spiro atoms. The second-order valence-electron chi connectivity index (χ2n) is 3.69. The molecule has 0 saturated heterocycles. The van der Waals surface area contributed by atoms with E-state index < -0.39 is 0 Å². The number of nitrogens with two attached hydrogens (primary N) is 1. The third kappa shape index (κ3) is 4.94. The lowest BCUT2D eigenvalue weighted by Crippen LogP contribution is -2.08. The van der Waals surface area contributed by atoms with E-state index in [1.165, 1.54) is 0 Å². The highest BCUT2D eigenvalue weighted by Gasteiger charge is 2.06. The van der Waals surface area contributed by atoms with E-state index >= 15 is 0 Å². The van der Waals surface area contributed by atoms with E-state index in [0.717, 1.165) is 9.37 Å². The van der Waals surface area contributed by atoms with Crippen molar-refractivity contribution in [3.63, 3.8) is 0 Å². The zero-order valence-corrected chi connectivity index (χ0v) is 12.6. The maximum absolute atomic E-state index is 5.32. The van der Waals surface area contributed by atoms with Crippen molar-refractivity contribution in [2.75, 3.05) is 13.2 Å². The van der Waals surface area contributed by atoms with Crippen molar-refractivity contribution in [2.24, 2.45) is 5.73 Å². The van der Waals surface area contributed by atoms with Crippen LogP contribution in [0.5, 0.6) is 0 Å². The molecule has 1 aromatic carbocycles. The molecule has 2 rings (SSSR count). The van der Waals surface area contributed by atoms with Crippen LogP contribution in [0.3, 0.4) is 0 Å². The van der Waals surface area contributed by atoms with Crippen molar-refractivity contribution in [3.8, 4) is 0 Å². The number of ether oxygens (including phenoxy) is 1. The van der Waals surface area contributed by atoms with Gasteiger partial charge in [-0.15, -0.1) is 11.8 Å². The average Bonchev–Trinajstić information content (AvgIpc) is 2.86. The summed E-state index contributed by atoms with van der Waals surface area (Å²) in [5.41, 5.74) is 5.32. The largest absolute Gasteiger partial charge is 0.370 e. The Morgan fingerprint density at radius 3 is 2.84 bits per heavy atom. The molecule has 0 aliphatic rings. The first-order chi connectivity index (χ1) is 9.28. The van der Waals surface area contributed by atoms with E-state index in [0.29, 0.717) is 37.2 Å². The van der Waals surface area contributed by atoms with Crippen molar-refractivity contribution in [3.05, 3.63) is 40.5 Å². The fourth-order valence-electron chi connectivity index (χ4n) is 1.33. The van der Waals surface area contributed by atoms with Crippen molar-refractivity contribution < 1.29 is 9.26 Å². The van der Waals surface area contributed by atoms with Crippen LogP contribution in [0.2, 0.25) is 0 Å². The van der Waals surface area contributed by atoms with Crippen LogP contribution in [0.1, 0.15) is 11.7 Å². The number of rotatable bonds is 7. The summed E-state index contributed by atoms with van der Waals surface area (Å²) in [4.78, 5) is 5.40. The molecule has 0 bridgehead atoms. The van der Waals surface area contributed by atoms with Gasteiger partial charge in [0.05, 0.1) is 12.4 Å². The second-order valence-corrected chi connectivity index (χ2v) is 5.65. The summed E-state index contributed by atoms with van der Waals surface area (Å²) in [6.45, 7) is 1.29. The number of thioether (sulfide) groups is 1. The molecule has 7 heteroatoms. The molecule has 0 saturated carbocycles. The summed E-state index contributed by atoms with van der Waals surface area (Å²) in [5.74, 6) is 1.82. The van der Waals surface area contributed by atoms with Crippen LogP contribution in [0, 0.1) is 0 Å². The predicted molar refractivity (Wildman–Crippen MR) is 76.7 cm³/mol. The lowest BCUT2D eigenvalue weighted by molar-refractivity contribution is 0.104. The highest BCUT2D eigenvalue weighted by Crippen LogP contribution is 2.23. The molecule has 2 aromatic rings. The summed E-state index contributed by atoms with van der Waals surface area (Å²) in [7, 11) is 0. The number of benzene rings is 1. The Morgan fingerprint density at radius 2 is 2.11 bits per heavy atom. The summed E-state index contributed by atoms with van der Waals surface area (Å²) in [6.07, 6.45) is 0. The topological polar surface area (TPSA) is 74.2 Å². The molecule has 1 heterocycles.